The predicted molar refractivity (Wildman–Crippen MR) is 103 cm³/mol. The molecule has 1 aromatic heterocycles. The Kier molecular flexibility index (Phi) is 4.80. The molecule has 2 aromatic carbocycles. The van der Waals surface area contributed by atoms with Crippen molar-refractivity contribution in [2.75, 3.05) is 0 Å². The highest BCUT2D eigenvalue weighted by molar-refractivity contribution is 9.10. The summed E-state index contributed by atoms with van der Waals surface area (Å²) < 4.78 is 22.3. The van der Waals surface area contributed by atoms with Gasteiger partial charge in [0.2, 0.25) is 0 Å². The molecule has 0 fully saturated rings. The van der Waals surface area contributed by atoms with Crippen LogP contribution in [0.2, 0.25) is 0 Å². The number of aromatic nitrogens is 1. The van der Waals surface area contributed by atoms with Gasteiger partial charge in [-0.3, -0.25) is 0 Å². The molecule has 0 saturated heterocycles. The largest absolute Gasteiger partial charge is 0.591 e. The lowest BCUT2D eigenvalue weighted by Gasteiger charge is -2.18. The molecule has 6 heteroatoms. The third-order valence-electron chi connectivity index (χ3n) is 3.49. The highest BCUT2D eigenvalue weighted by atomic mass is 79.9. The SMILES string of the molecule is CC(C)(C)[S+]([O-])N=Cc1c(Br)cccc1-c1noc2ccccc12. The van der Waals surface area contributed by atoms with Crippen molar-refractivity contribution >= 4 is 44.5 Å². The van der Waals surface area contributed by atoms with Gasteiger partial charge in [-0.1, -0.05) is 49.7 Å². The van der Waals surface area contributed by atoms with E-state index in [0.29, 0.717) is 0 Å². The molecule has 1 atom stereocenters. The molecule has 0 saturated carbocycles. The lowest BCUT2D eigenvalue weighted by Crippen LogP contribution is -2.25. The zero-order valence-electron chi connectivity index (χ0n) is 13.6. The molecule has 0 N–H and O–H groups in total. The Morgan fingerprint density at radius 3 is 2.67 bits per heavy atom. The summed E-state index contributed by atoms with van der Waals surface area (Å²) >= 11 is 2.23. The molecule has 3 rings (SSSR count). The summed E-state index contributed by atoms with van der Waals surface area (Å²) in [6.45, 7) is 5.69. The van der Waals surface area contributed by atoms with Crippen molar-refractivity contribution in [1.82, 2.24) is 5.16 Å². The van der Waals surface area contributed by atoms with Crippen LogP contribution in [0.25, 0.3) is 22.2 Å². The van der Waals surface area contributed by atoms with E-state index in [4.69, 9.17) is 4.52 Å². The Balaban J connectivity index is 2.10. The van der Waals surface area contributed by atoms with Crippen LogP contribution in [-0.2, 0) is 11.4 Å². The van der Waals surface area contributed by atoms with Crippen LogP contribution in [0.4, 0.5) is 0 Å². The number of halogens is 1. The first kappa shape index (κ1) is 17.2. The molecule has 124 valence electrons. The van der Waals surface area contributed by atoms with Crippen molar-refractivity contribution in [3.63, 3.8) is 0 Å². The summed E-state index contributed by atoms with van der Waals surface area (Å²) in [5, 5.41) is 5.14. The summed E-state index contributed by atoms with van der Waals surface area (Å²) in [4.78, 5) is 0. The second-order valence-electron chi connectivity index (χ2n) is 6.32. The van der Waals surface area contributed by atoms with E-state index in [1.165, 1.54) is 0 Å². The van der Waals surface area contributed by atoms with Crippen molar-refractivity contribution in [2.24, 2.45) is 4.40 Å². The minimum Gasteiger partial charge on any atom is -0.591 e. The average Bonchev–Trinajstić information content (AvgIpc) is 2.96. The lowest BCUT2D eigenvalue weighted by molar-refractivity contribution is 0.459. The summed E-state index contributed by atoms with van der Waals surface area (Å²) in [6.07, 6.45) is 1.64. The van der Waals surface area contributed by atoms with Crippen molar-refractivity contribution in [2.45, 2.75) is 25.5 Å². The minimum absolute atomic E-state index is 0.404. The summed E-state index contributed by atoms with van der Waals surface area (Å²) in [6, 6.07) is 13.5. The van der Waals surface area contributed by atoms with E-state index in [1.54, 1.807) is 6.21 Å². The van der Waals surface area contributed by atoms with Gasteiger partial charge >= 0.3 is 0 Å². The van der Waals surface area contributed by atoms with Crippen LogP contribution in [0.1, 0.15) is 26.3 Å². The van der Waals surface area contributed by atoms with Crippen LogP contribution >= 0.6 is 15.9 Å². The van der Waals surface area contributed by atoms with Gasteiger partial charge in [-0.15, -0.1) is 0 Å². The molecule has 0 spiro atoms. The molecule has 0 amide bonds. The van der Waals surface area contributed by atoms with Gasteiger partial charge in [-0.25, -0.2) is 0 Å². The quantitative estimate of drug-likeness (QED) is 0.448. The van der Waals surface area contributed by atoms with E-state index in [2.05, 4.69) is 25.5 Å². The maximum Gasteiger partial charge on any atom is 0.167 e. The number of fused-ring (bicyclic) bond motifs is 1. The van der Waals surface area contributed by atoms with Gasteiger partial charge in [-0.2, -0.15) is 0 Å². The van der Waals surface area contributed by atoms with Crippen LogP contribution in [-0.4, -0.2) is 20.7 Å². The Labute approximate surface area is 152 Å². The molecule has 0 aliphatic heterocycles. The third kappa shape index (κ3) is 3.41. The molecular weight excluding hydrogens is 388 g/mol. The highest BCUT2D eigenvalue weighted by Gasteiger charge is 2.26. The molecule has 0 aliphatic carbocycles. The Hall–Kier alpha value is -1.63. The van der Waals surface area contributed by atoms with Crippen molar-refractivity contribution in [3.8, 4) is 11.3 Å². The highest BCUT2D eigenvalue weighted by Crippen LogP contribution is 2.33. The predicted octanol–water partition coefficient (Wildman–Crippen LogP) is 5.14. The number of rotatable bonds is 3. The Morgan fingerprint density at radius 1 is 1.17 bits per heavy atom. The minimum atomic E-state index is -1.32. The van der Waals surface area contributed by atoms with Crippen LogP contribution < -0.4 is 0 Å². The van der Waals surface area contributed by atoms with Gasteiger partial charge < -0.3 is 9.08 Å². The molecule has 0 radical (unpaired) electrons. The second kappa shape index (κ2) is 6.70. The van der Waals surface area contributed by atoms with Gasteiger partial charge in [0.15, 0.2) is 5.58 Å². The number of para-hydroxylation sites is 1. The smallest absolute Gasteiger partial charge is 0.167 e. The van der Waals surface area contributed by atoms with Crippen molar-refractivity contribution in [3.05, 3.63) is 52.5 Å². The zero-order chi connectivity index (χ0) is 17.3. The zero-order valence-corrected chi connectivity index (χ0v) is 16.0. The van der Waals surface area contributed by atoms with Gasteiger partial charge in [0, 0.05) is 21.0 Å². The molecule has 0 bridgehead atoms. The lowest BCUT2D eigenvalue weighted by atomic mass is 10.0. The maximum absolute atomic E-state index is 12.2. The van der Waals surface area contributed by atoms with E-state index in [1.807, 2.05) is 63.2 Å². The topological polar surface area (TPSA) is 61.5 Å². The monoisotopic (exact) mass is 404 g/mol. The molecule has 0 aliphatic rings. The normalized spacial score (nSPS) is 13.7. The van der Waals surface area contributed by atoms with E-state index < -0.39 is 16.1 Å². The first-order valence-electron chi connectivity index (χ1n) is 7.47. The number of hydrogen-bond donors (Lipinski definition) is 0. The first-order valence-corrected chi connectivity index (χ1v) is 9.37. The van der Waals surface area contributed by atoms with Crippen LogP contribution in [0.15, 0.2) is 55.9 Å². The number of benzene rings is 2. The van der Waals surface area contributed by atoms with Gasteiger partial charge in [0.1, 0.15) is 21.8 Å². The molecule has 1 unspecified atom stereocenters. The molecular formula is C18H17BrN2O2S. The number of hydrogen-bond acceptors (Lipinski definition) is 4. The summed E-state index contributed by atoms with van der Waals surface area (Å²) in [5.74, 6) is 0. The second-order valence-corrected chi connectivity index (χ2v) is 9.11. The standard InChI is InChI=1S/C18H17BrN2O2S/c1-18(2,3)24(22)20-11-14-12(8-6-9-15(14)19)17-13-7-4-5-10-16(13)23-21-17/h4-11H,1-3H3. The summed E-state index contributed by atoms with van der Waals surface area (Å²) in [7, 11) is 0. The van der Waals surface area contributed by atoms with Gasteiger partial charge in [0.25, 0.3) is 0 Å². The average molecular weight is 405 g/mol. The van der Waals surface area contributed by atoms with Gasteiger partial charge in [-0.05, 0) is 39.0 Å². The van der Waals surface area contributed by atoms with Crippen molar-refractivity contribution < 1.29 is 9.08 Å². The fourth-order valence-electron chi connectivity index (χ4n) is 2.21. The Morgan fingerprint density at radius 2 is 1.92 bits per heavy atom. The van der Waals surface area contributed by atoms with Crippen LogP contribution in [0.3, 0.4) is 0 Å². The maximum atomic E-state index is 12.2. The number of nitrogens with zero attached hydrogens (tertiary/aromatic N) is 2. The van der Waals surface area contributed by atoms with Gasteiger partial charge in [0.05, 0.1) is 6.21 Å². The summed E-state index contributed by atoms with van der Waals surface area (Å²) in [5.41, 5.74) is 3.18. The van der Waals surface area contributed by atoms with E-state index in [-0.39, 0.29) is 0 Å². The first-order chi connectivity index (χ1) is 11.4. The Bertz CT molecular complexity index is 899. The van der Waals surface area contributed by atoms with E-state index >= 15 is 0 Å². The third-order valence-corrected chi connectivity index (χ3v) is 5.52. The molecule has 3 aromatic rings. The molecule has 4 nitrogen and oxygen atoms in total. The van der Waals surface area contributed by atoms with E-state index in [9.17, 15) is 4.55 Å². The molecule has 24 heavy (non-hydrogen) atoms. The van der Waals surface area contributed by atoms with Crippen molar-refractivity contribution in [1.29, 1.82) is 0 Å². The van der Waals surface area contributed by atoms with Crippen LogP contribution in [0.5, 0.6) is 0 Å². The molecule has 1 heterocycles. The van der Waals surface area contributed by atoms with Crippen LogP contribution in [0, 0.1) is 0 Å². The van der Waals surface area contributed by atoms with E-state index in [0.717, 1.165) is 32.3 Å². The fourth-order valence-corrected chi connectivity index (χ4v) is 3.20. The fraction of sp³-hybridized carbons (Fsp3) is 0.222.